The largest absolute Gasteiger partial charge is 0.312 e. The van der Waals surface area contributed by atoms with Gasteiger partial charge in [-0.1, -0.05) is 40.9 Å². The topological polar surface area (TPSA) is 12.0 Å². The average Bonchev–Trinajstić information content (AvgIpc) is 2.73. The van der Waals surface area contributed by atoms with Gasteiger partial charge in [0, 0.05) is 21.5 Å². The first kappa shape index (κ1) is 14.2. The second-order valence-corrected chi connectivity index (χ2v) is 6.51. The van der Waals surface area contributed by atoms with Crippen LogP contribution in [-0.4, -0.2) is 6.54 Å². The van der Waals surface area contributed by atoms with E-state index in [0.29, 0.717) is 5.02 Å². The van der Waals surface area contributed by atoms with Gasteiger partial charge in [0.2, 0.25) is 0 Å². The summed E-state index contributed by atoms with van der Waals surface area (Å²) in [6.45, 7) is 1.71. The van der Waals surface area contributed by atoms with Gasteiger partial charge in [0.25, 0.3) is 0 Å². The van der Waals surface area contributed by atoms with Crippen LogP contribution >= 0.6 is 46.1 Å². The monoisotopic (exact) mass is 319 g/mol. The highest BCUT2D eigenvalue weighted by Crippen LogP contribution is 2.22. The summed E-state index contributed by atoms with van der Waals surface area (Å²) in [6, 6.07) is 9.56. The fourth-order valence-electron chi connectivity index (χ4n) is 1.61. The summed E-state index contributed by atoms with van der Waals surface area (Å²) < 4.78 is 0.826. The van der Waals surface area contributed by atoms with Crippen molar-refractivity contribution >= 4 is 46.1 Å². The predicted molar refractivity (Wildman–Crippen MR) is 81.2 cm³/mol. The minimum Gasteiger partial charge on any atom is -0.312 e. The Hall–Kier alpha value is -0.250. The summed E-state index contributed by atoms with van der Waals surface area (Å²) in [7, 11) is 0. The molecule has 1 aromatic carbocycles. The van der Waals surface area contributed by atoms with Crippen molar-refractivity contribution in [3.63, 3.8) is 0 Å². The third kappa shape index (κ3) is 4.15. The van der Waals surface area contributed by atoms with E-state index in [1.54, 1.807) is 17.4 Å². The molecule has 0 saturated carbocycles. The van der Waals surface area contributed by atoms with Gasteiger partial charge in [-0.2, -0.15) is 0 Å². The minimum absolute atomic E-state index is 0.671. The third-order valence-corrected chi connectivity index (χ3v) is 4.33. The highest BCUT2D eigenvalue weighted by atomic mass is 35.5. The van der Waals surface area contributed by atoms with Crippen LogP contribution in [0.3, 0.4) is 0 Å². The van der Waals surface area contributed by atoms with Crippen molar-refractivity contribution in [2.45, 2.75) is 13.0 Å². The van der Waals surface area contributed by atoms with Crippen molar-refractivity contribution in [3.05, 3.63) is 55.2 Å². The molecular weight excluding hydrogens is 309 g/mol. The standard InChI is InChI=1S/C13H12Cl3NS/c14-10-2-1-9(12(15)7-10)5-6-17-8-11-3-4-13(16)18-11/h1-4,7,17H,5-6,8H2. The molecule has 0 radical (unpaired) electrons. The van der Waals surface area contributed by atoms with Crippen molar-refractivity contribution < 1.29 is 0 Å². The van der Waals surface area contributed by atoms with Crippen molar-refractivity contribution in [2.75, 3.05) is 6.54 Å². The number of rotatable bonds is 5. The first-order chi connectivity index (χ1) is 8.65. The van der Waals surface area contributed by atoms with E-state index >= 15 is 0 Å². The highest BCUT2D eigenvalue weighted by molar-refractivity contribution is 7.16. The van der Waals surface area contributed by atoms with Crippen molar-refractivity contribution in [2.24, 2.45) is 0 Å². The summed E-state index contributed by atoms with van der Waals surface area (Å²) in [4.78, 5) is 1.24. The Labute approximate surface area is 126 Å². The maximum Gasteiger partial charge on any atom is 0.0931 e. The van der Waals surface area contributed by atoms with Crippen LogP contribution in [0.2, 0.25) is 14.4 Å². The molecule has 0 atom stereocenters. The lowest BCUT2D eigenvalue weighted by Gasteiger charge is -2.06. The predicted octanol–water partition coefficient (Wildman–Crippen LogP) is 5.04. The number of thiophene rings is 1. The summed E-state index contributed by atoms with van der Waals surface area (Å²) in [5, 5.41) is 4.76. The molecule has 0 bridgehead atoms. The molecule has 2 rings (SSSR count). The van der Waals surface area contributed by atoms with Gasteiger partial charge in [0.15, 0.2) is 0 Å². The molecule has 1 N–H and O–H groups in total. The van der Waals surface area contributed by atoms with Crippen LogP contribution in [0, 0.1) is 0 Å². The van der Waals surface area contributed by atoms with E-state index in [4.69, 9.17) is 34.8 Å². The first-order valence-corrected chi connectivity index (χ1v) is 7.49. The van der Waals surface area contributed by atoms with Crippen LogP contribution in [0.4, 0.5) is 0 Å². The lowest BCUT2D eigenvalue weighted by molar-refractivity contribution is 0.694. The van der Waals surface area contributed by atoms with Crippen molar-refractivity contribution in [1.29, 1.82) is 0 Å². The summed E-state index contributed by atoms with van der Waals surface area (Å²) in [5.74, 6) is 0. The van der Waals surface area contributed by atoms with Crippen LogP contribution in [0.15, 0.2) is 30.3 Å². The van der Waals surface area contributed by atoms with Gasteiger partial charge in [-0.15, -0.1) is 11.3 Å². The molecule has 0 aliphatic heterocycles. The lowest BCUT2D eigenvalue weighted by Crippen LogP contribution is -2.16. The molecule has 5 heteroatoms. The molecule has 0 aliphatic carbocycles. The van der Waals surface area contributed by atoms with Gasteiger partial charge in [0.05, 0.1) is 4.34 Å². The Kier molecular flexibility index (Phi) is 5.34. The Morgan fingerprint density at radius 3 is 2.56 bits per heavy atom. The number of benzene rings is 1. The van der Waals surface area contributed by atoms with E-state index < -0.39 is 0 Å². The first-order valence-electron chi connectivity index (χ1n) is 5.54. The Bertz CT molecular complexity index is 525. The zero-order valence-electron chi connectivity index (χ0n) is 9.55. The van der Waals surface area contributed by atoms with Gasteiger partial charge in [-0.25, -0.2) is 0 Å². The summed E-state index contributed by atoms with van der Waals surface area (Å²) in [5.41, 5.74) is 1.11. The highest BCUT2D eigenvalue weighted by Gasteiger charge is 2.01. The van der Waals surface area contributed by atoms with E-state index in [-0.39, 0.29) is 0 Å². The zero-order valence-corrected chi connectivity index (χ0v) is 12.6. The van der Waals surface area contributed by atoms with Crippen LogP contribution in [0.5, 0.6) is 0 Å². The average molecular weight is 321 g/mol. The minimum atomic E-state index is 0.671. The Morgan fingerprint density at radius 2 is 1.89 bits per heavy atom. The van der Waals surface area contributed by atoms with Gasteiger partial charge in [-0.3, -0.25) is 0 Å². The third-order valence-electron chi connectivity index (χ3n) is 2.51. The number of halogens is 3. The Morgan fingerprint density at radius 1 is 1.06 bits per heavy atom. The second kappa shape index (κ2) is 6.78. The molecule has 2 aromatic rings. The molecule has 0 amide bonds. The van der Waals surface area contributed by atoms with Crippen LogP contribution < -0.4 is 5.32 Å². The molecule has 18 heavy (non-hydrogen) atoms. The molecule has 0 unspecified atom stereocenters. The van der Waals surface area contributed by atoms with Gasteiger partial charge >= 0.3 is 0 Å². The van der Waals surface area contributed by atoms with Crippen LogP contribution in [-0.2, 0) is 13.0 Å². The summed E-state index contributed by atoms with van der Waals surface area (Å²) >= 11 is 19.4. The van der Waals surface area contributed by atoms with Crippen LogP contribution in [0.1, 0.15) is 10.4 Å². The second-order valence-electron chi connectivity index (χ2n) is 3.87. The molecule has 0 aliphatic rings. The lowest BCUT2D eigenvalue weighted by atomic mass is 10.1. The fourth-order valence-corrected chi connectivity index (χ4v) is 3.17. The molecule has 0 fully saturated rings. The van der Waals surface area contributed by atoms with Crippen molar-refractivity contribution in [1.82, 2.24) is 5.32 Å². The molecule has 96 valence electrons. The summed E-state index contributed by atoms with van der Waals surface area (Å²) in [6.07, 6.45) is 0.884. The SMILES string of the molecule is Clc1ccc(CCNCc2ccc(Cl)s2)c(Cl)c1. The van der Waals surface area contributed by atoms with Gasteiger partial charge < -0.3 is 5.32 Å². The quantitative estimate of drug-likeness (QED) is 0.761. The molecule has 0 spiro atoms. The fraction of sp³-hybridized carbons (Fsp3) is 0.231. The van der Waals surface area contributed by atoms with Gasteiger partial charge in [0.1, 0.15) is 0 Å². The maximum atomic E-state index is 6.10. The maximum absolute atomic E-state index is 6.10. The Balaban J connectivity index is 1.78. The van der Waals surface area contributed by atoms with E-state index in [1.807, 2.05) is 24.3 Å². The van der Waals surface area contributed by atoms with E-state index in [1.165, 1.54) is 4.88 Å². The molecular formula is C13H12Cl3NS. The smallest absolute Gasteiger partial charge is 0.0931 e. The molecule has 1 aromatic heterocycles. The molecule has 1 nitrogen and oxygen atoms in total. The van der Waals surface area contributed by atoms with Crippen LogP contribution in [0.25, 0.3) is 0 Å². The van der Waals surface area contributed by atoms with Crippen molar-refractivity contribution in [3.8, 4) is 0 Å². The molecule has 1 heterocycles. The normalized spacial score (nSPS) is 10.8. The number of hydrogen-bond donors (Lipinski definition) is 1. The number of hydrogen-bond acceptors (Lipinski definition) is 2. The molecule has 0 saturated heterocycles. The van der Waals surface area contributed by atoms with E-state index in [9.17, 15) is 0 Å². The van der Waals surface area contributed by atoms with Gasteiger partial charge in [-0.05, 0) is 42.8 Å². The number of nitrogens with one attached hydrogen (secondary N) is 1. The van der Waals surface area contributed by atoms with E-state index in [2.05, 4.69) is 5.32 Å². The van der Waals surface area contributed by atoms with E-state index in [0.717, 1.165) is 34.4 Å². The zero-order chi connectivity index (χ0) is 13.0.